The number of rotatable bonds is 3. The SMILES string of the molecule is Cc1sc(NS(=O)(=O)c2cccc(N)c2)c(C#N)c1C. The minimum atomic E-state index is -3.74. The van der Waals surface area contributed by atoms with E-state index in [0.717, 1.165) is 10.4 Å². The topological polar surface area (TPSA) is 96.0 Å². The van der Waals surface area contributed by atoms with Gasteiger partial charge < -0.3 is 5.73 Å². The van der Waals surface area contributed by atoms with E-state index in [1.54, 1.807) is 19.1 Å². The van der Waals surface area contributed by atoms with Gasteiger partial charge in [0.25, 0.3) is 10.0 Å². The first-order valence-electron chi connectivity index (χ1n) is 5.73. The van der Waals surface area contributed by atoms with E-state index < -0.39 is 10.0 Å². The van der Waals surface area contributed by atoms with Crippen LogP contribution in [0, 0.1) is 25.2 Å². The van der Waals surface area contributed by atoms with Gasteiger partial charge in [-0.3, -0.25) is 4.72 Å². The number of thiophene rings is 1. The second kappa shape index (κ2) is 5.15. The number of hydrogen-bond acceptors (Lipinski definition) is 5. The standard InChI is InChI=1S/C13H13N3O2S2/c1-8-9(2)19-13(12(8)7-14)16-20(17,18)11-5-3-4-10(15)6-11/h3-6,16H,15H2,1-2H3. The summed E-state index contributed by atoms with van der Waals surface area (Å²) in [4.78, 5) is 0.983. The van der Waals surface area contributed by atoms with Crippen molar-refractivity contribution in [2.24, 2.45) is 0 Å². The van der Waals surface area contributed by atoms with Gasteiger partial charge in [-0.05, 0) is 37.6 Å². The molecule has 0 spiro atoms. The van der Waals surface area contributed by atoms with Crippen molar-refractivity contribution in [2.45, 2.75) is 18.7 Å². The number of nitrogens with zero attached hydrogens (tertiary/aromatic N) is 1. The van der Waals surface area contributed by atoms with E-state index in [4.69, 9.17) is 11.0 Å². The zero-order chi connectivity index (χ0) is 14.9. The number of nitrogen functional groups attached to an aromatic ring is 1. The maximum Gasteiger partial charge on any atom is 0.262 e. The number of hydrogen-bond donors (Lipinski definition) is 2. The number of aryl methyl sites for hydroxylation is 1. The molecule has 7 heteroatoms. The Morgan fingerprint density at radius 3 is 2.65 bits per heavy atom. The molecule has 5 nitrogen and oxygen atoms in total. The van der Waals surface area contributed by atoms with E-state index in [2.05, 4.69) is 4.72 Å². The van der Waals surface area contributed by atoms with Crippen LogP contribution < -0.4 is 10.5 Å². The summed E-state index contributed by atoms with van der Waals surface area (Å²) in [5, 5.41) is 9.46. The van der Waals surface area contributed by atoms with Gasteiger partial charge in [0.15, 0.2) is 0 Å². The molecule has 0 aliphatic heterocycles. The van der Waals surface area contributed by atoms with Gasteiger partial charge in [0, 0.05) is 10.6 Å². The van der Waals surface area contributed by atoms with Crippen molar-refractivity contribution < 1.29 is 8.42 Å². The molecule has 0 radical (unpaired) electrons. The van der Waals surface area contributed by atoms with Gasteiger partial charge >= 0.3 is 0 Å². The van der Waals surface area contributed by atoms with Crippen molar-refractivity contribution >= 4 is 32.0 Å². The second-order valence-electron chi connectivity index (χ2n) is 4.28. The molecule has 1 aromatic heterocycles. The van der Waals surface area contributed by atoms with E-state index in [9.17, 15) is 8.42 Å². The van der Waals surface area contributed by atoms with Crippen LogP contribution in [0.5, 0.6) is 0 Å². The molecule has 2 aromatic rings. The number of nitrogens with two attached hydrogens (primary N) is 1. The Morgan fingerprint density at radius 1 is 1.35 bits per heavy atom. The van der Waals surface area contributed by atoms with Gasteiger partial charge in [-0.25, -0.2) is 8.42 Å². The fourth-order valence-corrected chi connectivity index (χ4v) is 4.07. The highest BCUT2D eigenvalue weighted by atomic mass is 32.2. The van der Waals surface area contributed by atoms with Crippen LogP contribution in [0.3, 0.4) is 0 Å². The molecule has 0 atom stereocenters. The summed E-state index contributed by atoms with van der Waals surface area (Å²) < 4.78 is 27.0. The highest BCUT2D eigenvalue weighted by Crippen LogP contribution is 2.33. The Morgan fingerprint density at radius 2 is 2.05 bits per heavy atom. The third-order valence-electron chi connectivity index (χ3n) is 2.89. The molecule has 0 unspecified atom stereocenters. The van der Waals surface area contributed by atoms with Crippen LogP contribution in [0.1, 0.15) is 16.0 Å². The van der Waals surface area contributed by atoms with Crippen molar-refractivity contribution in [3.63, 3.8) is 0 Å². The normalized spacial score (nSPS) is 11.1. The Hall–Kier alpha value is -2.04. The molecular formula is C13H13N3O2S2. The summed E-state index contributed by atoms with van der Waals surface area (Å²) in [6.07, 6.45) is 0. The summed E-state index contributed by atoms with van der Waals surface area (Å²) in [6.45, 7) is 3.64. The lowest BCUT2D eigenvalue weighted by Crippen LogP contribution is -2.13. The first-order chi connectivity index (χ1) is 9.35. The van der Waals surface area contributed by atoms with Crippen LogP contribution in [-0.4, -0.2) is 8.42 Å². The lowest BCUT2D eigenvalue weighted by atomic mass is 10.2. The Balaban J connectivity index is 2.44. The molecule has 104 valence electrons. The van der Waals surface area contributed by atoms with Crippen LogP contribution in [0.2, 0.25) is 0 Å². The van der Waals surface area contributed by atoms with Crippen LogP contribution in [0.4, 0.5) is 10.7 Å². The molecule has 0 bridgehead atoms. The summed E-state index contributed by atoms with van der Waals surface area (Å²) in [5.41, 5.74) is 7.11. The molecule has 0 saturated carbocycles. The minimum absolute atomic E-state index is 0.0742. The van der Waals surface area contributed by atoms with Gasteiger partial charge in [0.2, 0.25) is 0 Å². The predicted octanol–water partition coefficient (Wildman–Crippen LogP) is 2.62. The van der Waals surface area contributed by atoms with Gasteiger partial charge in [0.1, 0.15) is 11.1 Å². The fraction of sp³-hybridized carbons (Fsp3) is 0.154. The van der Waals surface area contributed by atoms with E-state index >= 15 is 0 Å². The van der Waals surface area contributed by atoms with E-state index in [-0.39, 0.29) is 4.90 Å². The molecule has 1 heterocycles. The lowest BCUT2D eigenvalue weighted by molar-refractivity contribution is 0.601. The largest absolute Gasteiger partial charge is 0.399 e. The number of benzene rings is 1. The number of nitrogens with one attached hydrogen (secondary N) is 1. The molecule has 1 aromatic carbocycles. The Bertz CT molecular complexity index is 802. The molecule has 3 N–H and O–H groups in total. The average molecular weight is 307 g/mol. The zero-order valence-electron chi connectivity index (χ0n) is 11.0. The number of nitriles is 1. The molecule has 20 heavy (non-hydrogen) atoms. The van der Waals surface area contributed by atoms with Gasteiger partial charge in [-0.2, -0.15) is 5.26 Å². The monoisotopic (exact) mass is 307 g/mol. The van der Waals surface area contributed by atoms with Crippen molar-refractivity contribution in [1.29, 1.82) is 5.26 Å². The summed E-state index contributed by atoms with van der Waals surface area (Å²) in [7, 11) is -3.74. The number of sulfonamides is 1. The Labute approximate surface area is 121 Å². The second-order valence-corrected chi connectivity index (χ2v) is 7.18. The molecular weight excluding hydrogens is 294 g/mol. The average Bonchev–Trinajstić information content (AvgIpc) is 2.63. The minimum Gasteiger partial charge on any atom is -0.399 e. The molecule has 2 rings (SSSR count). The Kier molecular flexibility index (Phi) is 3.70. The molecule has 0 saturated heterocycles. The third-order valence-corrected chi connectivity index (χ3v) is 5.49. The highest BCUT2D eigenvalue weighted by Gasteiger charge is 2.20. The van der Waals surface area contributed by atoms with Crippen molar-refractivity contribution in [3.05, 3.63) is 40.3 Å². The van der Waals surface area contributed by atoms with Crippen molar-refractivity contribution in [1.82, 2.24) is 0 Å². The van der Waals surface area contributed by atoms with Crippen LogP contribution >= 0.6 is 11.3 Å². The summed E-state index contributed by atoms with van der Waals surface area (Å²) >= 11 is 1.25. The van der Waals surface area contributed by atoms with Crippen LogP contribution in [0.15, 0.2) is 29.2 Å². The van der Waals surface area contributed by atoms with E-state index in [1.165, 1.54) is 23.5 Å². The summed E-state index contributed by atoms with van der Waals surface area (Å²) in [5.74, 6) is 0. The van der Waals surface area contributed by atoms with Crippen LogP contribution in [0.25, 0.3) is 0 Å². The zero-order valence-corrected chi connectivity index (χ0v) is 12.6. The molecule has 0 aliphatic carbocycles. The third kappa shape index (κ3) is 2.61. The maximum absolute atomic E-state index is 12.3. The maximum atomic E-state index is 12.3. The predicted molar refractivity (Wildman–Crippen MR) is 80.2 cm³/mol. The first kappa shape index (κ1) is 14.4. The van der Waals surface area contributed by atoms with E-state index in [1.807, 2.05) is 13.0 Å². The van der Waals surface area contributed by atoms with Crippen molar-refractivity contribution in [3.8, 4) is 6.07 Å². The summed E-state index contributed by atoms with van der Waals surface area (Å²) in [6, 6.07) is 8.04. The molecule has 0 amide bonds. The first-order valence-corrected chi connectivity index (χ1v) is 8.03. The van der Waals surface area contributed by atoms with Crippen molar-refractivity contribution in [2.75, 3.05) is 10.5 Å². The highest BCUT2D eigenvalue weighted by molar-refractivity contribution is 7.93. The lowest BCUT2D eigenvalue weighted by Gasteiger charge is -2.07. The molecule has 0 aliphatic rings. The van der Waals surface area contributed by atoms with E-state index in [0.29, 0.717) is 16.3 Å². The fourth-order valence-electron chi connectivity index (χ4n) is 1.70. The molecule has 0 fully saturated rings. The number of anilines is 2. The smallest absolute Gasteiger partial charge is 0.262 e. The van der Waals surface area contributed by atoms with Gasteiger partial charge in [0.05, 0.1) is 10.5 Å². The van der Waals surface area contributed by atoms with Gasteiger partial charge in [-0.15, -0.1) is 11.3 Å². The quantitative estimate of drug-likeness (QED) is 0.852. The van der Waals surface area contributed by atoms with Crippen LogP contribution in [-0.2, 0) is 10.0 Å². The van der Waals surface area contributed by atoms with Gasteiger partial charge in [-0.1, -0.05) is 6.07 Å².